The minimum Gasteiger partial charge on any atom is -0.484 e. The van der Waals surface area contributed by atoms with Crippen molar-refractivity contribution in [2.24, 2.45) is 0 Å². The number of halogens is 1. The molecule has 2 aromatic carbocycles. The van der Waals surface area contributed by atoms with Crippen LogP contribution in [0.4, 0.5) is 10.5 Å². The van der Waals surface area contributed by atoms with Gasteiger partial charge in [0.15, 0.2) is 6.61 Å². The molecule has 1 heterocycles. The number of carbonyl (C=O) groups excluding carboxylic acids is 4. The molecule has 0 aromatic heterocycles. The lowest BCUT2D eigenvalue weighted by Crippen LogP contribution is -2.35. The molecule has 0 radical (unpaired) electrons. The van der Waals surface area contributed by atoms with E-state index in [9.17, 15) is 19.2 Å². The molecule has 8 nitrogen and oxygen atoms in total. The number of esters is 1. The number of benzene rings is 2. The van der Waals surface area contributed by atoms with Crippen molar-refractivity contribution in [1.82, 2.24) is 4.90 Å². The van der Waals surface area contributed by atoms with Crippen molar-refractivity contribution in [2.75, 3.05) is 18.5 Å². The van der Waals surface area contributed by atoms with Crippen molar-refractivity contribution in [2.45, 2.75) is 40.2 Å². The molecule has 190 valence electrons. The summed E-state index contributed by atoms with van der Waals surface area (Å²) in [5.41, 5.74) is 3.52. The molecule has 0 spiro atoms. The topological polar surface area (TPSA) is 102 Å². The molecular weight excluding hydrogens is 548 g/mol. The Hall–Kier alpha value is -3.11. The molecule has 1 N–H and O–H groups in total. The van der Waals surface area contributed by atoms with Gasteiger partial charge >= 0.3 is 5.97 Å². The highest BCUT2D eigenvalue weighted by molar-refractivity contribution is 9.10. The van der Waals surface area contributed by atoms with E-state index in [0.29, 0.717) is 23.4 Å². The third-order valence-corrected chi connectivity index (χ3v) is 7.04. The second-order valence-corrected chi connectivity index (χ2v) is 10.1. The number of rotatable bonds is 9. The van der Waals surface area contributed by atoms with Crippen LogP contribution in [0.1, 0.15) is 37.0 Å². The van der Waals surface area contributed by atoms with Crippen LogP contribution >= 0.6 is 27.7 Å². The van der Waals surface area contributed by atoms with Crippen LogP contribution in [-0.4, -0.2) is 47.2 Å². The van der Waals surface area contributed by atoms with Gasteiger partial charge in [0.2, 0.25) is 0 Å². The Kier molecular flexibility index (Phi) is 9.33. The Morgan fingerprint density at radius 2 is 1.81 bits per heavy atom. The number of anilines is 1. The number of nitrogens with one attached hydrogen (secondary N) is 1. The summed E-state index contributed by atoms with van der Waals surface area (Å²) in [6.45, 7) is 6.99. The number of hydrogen-bond acceptors (Lipinski definition) is 7. The summed E-state index contributed by atoms with van der Waals surface area (Å²) in [6.07, 6.45) is 1.93. The molecular formula is C26H27BrN2O6S. The van der Waals surface area contributed by atoms with Crippen LogP contribution in [0.2, 0.25) is 0 Å². The molecule has 36 heavy (non-hydrogen) atoms. The SMILES string of the molecule is CC[C@@H](C)OC(=O)CN1C(=O)S/C(=C/c2ccc(OCC(=O)Nc3cc(C)c(C)cc3Br)cc2)C1=O. The summed E-state index contributed by atoms with van der Waals surface area (Å²) < 4.78 is 11.5. The lowest BCUT2D eigenvalue weighted by atomic mass is 10.1. The second-order valence-electron chi connectivity index (χ2n) is 8.30. The molecule has 1 aliphatic heterocycles. The fourth-order valence-corrected chi connectivity index (χ4v) is 4.53. The van der Waals surface area contributed by atoms with Gasteiger partial charge in [-0.05, 0) is 102 Å². The maximum Gasteiger partial charge on any atom is 0.326 e. The van der Waals surface area contributed by atoms with Crippen molar-refractivity contribution < 1.29 is 28.7 Å². The fourth-order valence-electron chi connectivity index (χ4n) is 3.13. The molecule has 0 saturated carbocycles. The largest absolute Gasteiger partial charge is 0.484 e. The Balaban J connectivity index is 1.56. The number of ether oxygens (including phenoxy) is 2. The van der Waals surface area contributed by atoms with Gasteiger partial charge in [-0.15, -0.1) is 0 Å². The summed E-state index contributed by atoms with van der Waals surface area (Å²) in [5, 5.41) is 2.30. The van der Waals surface area contributed by atoms with Crippen LogP contribution < -0.4 is 10.1 Å². The molecule has 3 amide bonds. The highest BCUT2D eigenvalue weighted by atomic mass is 79.9. The number of nitrogens with zero attached hydrogens (tertiary/aromatic N) is 1. The molecule has 10 heteroatoms. The molecule has 1 saturated heterocycles. The minimum atomic E-state index is -0.622. The van der Waals surface area contributed by atoms with Crippen LogP contribution in [0.15, 0.2) is 45.8 Å². The van der Waals surface area contributed by atoms with E-state index in [2.05, 4.69) is 21.2 Å². The zero-order chi connectivity index (χ0) is 26.4. The van der Waals surface area contributed by atoms with Crippen LogP contribution in [-0.2, 0) is 19.1 Å². The van der Waals surface area contributed by atoms with E-state index in [-0.39, 0.29) is 23.5 Å². The predicted octanol–water partition coefficient (Wildman–Crippen LogP) is 5.46. The summed E-state index contributed by atoms with van der Waals surface area (Å²) in [6, 6.07) is 10.6. The number of hydrogen-bond donors (Lipinski definition) is 1. The van der Waals surface area contributed by atoms with Crippen LogP contribution in [0, 0.1) is 13.8 Å². The number of imide groups is 1. The van der Waals surface area contributed by atoms with E-state index in [1.807, 2.05) is 32.9 Å². The average molecular weight is 575 g/mol. The Morgan fingerprint density at radius 3 is 2.47 bits per heavy atom. The molecule has 3 rings (SSSR count). The quantitative estimate of drug-likeness (QED) is 0.313. The van der Waals surface area contributed by atoms with E-state index in [4.69, 9.17) is 9.47 Å². The molecule has 0 unspecified atom stereocenters. The van der Waals surface area contributed by atoms with Crippen LogP contribution in [0.3, 0.4) is 0 Å². The number of thioether (sulfide) groups is 1. The van der Waals surface area contributed by atoms with Gasteiger partial charge in [0.25, 0.3) is 17.1 Å². The van der Waals surface area contributed by atoms with E-state index in [1.54, 1.807) is 37.3 Å². The normalized spacial score (nSPS) is 15.2. The summed E-state index contributed by atoms with van der Waals surface area (Å²) in [4.78, 5) is 50.2. The van der Waals surface area contributed by atoms with Crippen LogP contribution in [0.25, 0.3) is 6.08 Å². The minimum absolute atomic E-state index is 0.176. The molecule has 1 fully saturated rings. The van der Waals surface area contributed by atoms with Gasteiger partial charge in [-0.2, -0.15) is 0 Å². The van der Waals surface area contributed by atoms with Gasteiger partial charge in [0.1, 0.15) is 12.3 Å². The number of carbonyl (C=O) groups is 4. The van der Waals surface area contributed by atoms with Crippen molar-refractivity contribution in [1.29, 1.82) is 0 Å². The Labute approximate surface area is 222 Å². The van der Waals surface area contributed by atoms with Gasteiger partial charge in [-0.25, -0.2) is 0 Å². The fraction of sp³-hybridized carbons (Fsp3) is 0.308. The van der Waals surface area contributed by atoms with Crippen molar-refractivity contribution >= 4 is 62.5 Å². The molecule has 1 atom stereocenters. The lowest BCUT2D eigenvalue weighted by molar-refractivity contribution is -0.150. The number of amides is 3. The van der Waals surface area contributed by atoms with Gasteiger partial charge in [0, 0.05) is 4.47 Å². The smallest absolute Gasteiger partial charge is 0.326 e. The van der Waals surface area contributed by atoms with E-state index in [1.165, 1.54) is 0 Å². The van der Waals surface area contributed by atoms with Crippen molar-refractivity contribution in [3.8, 4) is 5.75 Å². The Bertz CT molecular complexity index is 1210. The first-order chi connectivity index (χ1) is 17.1. The van der Waals surface area contributed by atoms with Crippen LogP contribution in [0.5, 0.6) is 5.75 Å². The van der Waals surface area contributed by atoms with Crippen molar-refractivity contribution in [3.63, 3.8) is 0 Å². The van der Waals surface area contributed by atoms with Gasteiger partial charge in [-0.3, -0.25) is 24.1 Å². The second kappa shape index (κ2) is 12.2. The first-order valence-electron chi connectivity index (χ1n) is 11.3. The molecule has 0 aliphatic carbocycles. The maximum atomic E-state index is 12.6. The van der Waals surface area contributed by atoms with E-state index < -0.39 is 23.7 Å². The highest BCUT2D eigenvalue weighted by Crippen LogP contribution is 2.32. The molecule has 0 bridgehead atoms. The maximum absolute atomic E-state index is 12.6. The third-order valence-electron chi connectivity index (χ3n) is 5.47. The Morgan fingerprint density at radius 1 is 1.14 bits per heavy atom. The highest BCUT2D eigenvalue weighted by Gasteiger charge is 2.36. The molecule has 1 aliphatic rings. The zero-order valence-electron chi connectivity index (χ0n) is 20.4. The average Bonchev–Trinajstić information content (AvgIpc) is 3.09. The van der Waals surface area contributed by atoms with Gasteiger partial charge in [0.05, 0.1) is 16.7 Å². The van der Waals surface area contributed by atoms with Gasteiger partial charge < -0.3 is 14.8 Å². The van der Waals surface area contributed by atoms with E-state index in [0.717, 1.165) is 32.3 Å². The first kappa shape index (κ1) is 27.5. The monoisotopic (exact) mass is 574 g/mol. The zero-order valence-corrected chi connectivity index (χ0v) is 22.8. The number of aryl methyl sites for hydroxylation is 2. The summed E-state index contributed by atoms with van der Waals surface area (Å²) >= 11 is 4.22. The molecule has 2 aromatic rings. The first-order valence-corrected chi connectivity index (χ1v) is 12.9. The van der Waals surface area contributed by atoms with Crippen molar-refractivity contribution in [3.05, 3.63) is 62.5 Å². The van der Waals surface area contributed by atoms with Gasteiger partial charge in [-0.1, -0.05) is 19.1 Å². The summed E-state index contributed by atoms with van der Waals surface area (Å²) in [5.74, 6) is -0.991. The lowest BCUT2D eigenvalue weighted by Gasteiger charge is -2.14. The standard InChI is InChI=1S/C26H27BrN2O6S/c1-5-17(4)35-24(31)13-29-25(32)22(36-26(29)33)12-18-6-8-19(9-7-18)34-14-23(30)28-21-11-16(3)15(2)10-20(21)27/h6-12,17H,5,13-14H2,1-4H3,(H,28,30)/b22-12+/t17-/m1/s1. The summed E-state index contributed by atoms with van der Waals surface area (Å²) in [7, 11) is 0. The third kappa shape index (κ3) is 7.20. The van der Waals surface area contributed by atoms with E-state index >= 15 is 0 Å². The predicted molar refractivity (Wildman–Crippen MR) is 143 cm³/mol.